The van der Waals surface area contributed by atoms with E-state index in [-0.39, 0.29) is 24.5 Å². The molecule has 1 aliphatic carbocycles. The lowest BCUT2D eigenvalue weighted by Crippen LogP contribution is -2.28. The Labute approximate surface area is 175 Å². The van der Waals surface area contributed by atoms with Crippen molar-refractivity contribution in [2.24, 2.45) is 5.92 Å². The zero-order valence-corrected chi connectivity index (χ0v) is 17.0. The number of rotatable bonds is 8. The number of thiazole rings is 1. The number of anilines is 2. The van der Waals surface area contributed by atoms with E-state index in [1.165, 1.54) is 11.3 Å². The topological polar surface area (TPSA) is 103 Å². The highest BCUT2D eigenvalue weighted by Gasteiger charge is 2.27. The summed E-state index contributed by atoms with van der Waals surface area (Å²) in [6, 6.07) is 6.53. The van der Waals surface area contributed by atoms with Crippen LogP contribution in [-0.2, 0) is 0 Å². The number of nitrogens with zero attached hydrogens (tertiary/aromatic N) is 2. The van der Waals surface area contributed by atoms with E-state index in [0.29, 0.717) is 16.4 Å². The Hall–Kier alpha value is -2.59. The monoisotopic (exact) mass is 435 g/mol. The van der Waals surface area contributed by atoms with Crippen molar-refractivity contribution in [3.63, 3.8) is 0 Å². The van der Waals surface area contributed by atoms with E-state index >= 15 is 0 Å². The summed E-state index contributed by atoms with van der Waals surface area (Å²) in [5.41, 5.74) is 0.634. The molecule has 4 rings (SSSR count). The van der Waals surface area contributed by atoms with Crippen LogP contribution in [0.3, 0.4) is 0 Å². The van der Waals surface area contributed by atoms with E-state index < -0.39 is 25.0 Å². The number of aromatic amines is 1. The number of hydrogen-bond acceptors (Lipinski definition) is 7. The molecule has 3 aromatic rings. The standard InChI is InChI=1S/C20H23F2N5O2S/c21-8-13(9-22)24-20-26-17(23-12-6-5-11(7-12)10-28)16(18(29)27-20)19-25-14-3-1-2-4-15(14)30-19/h1-4,11-13,28H,5-10H2,(H3,23,24,26,27,29). The Bertz CT molecular complexity index is 1040. The lowest BCUT2D eigenvalue weighted by atomic mass is 10.1. The van der Waals surface area contributed by atoms with Crippen LogP contribution >= 0.6 is 11.3 Å². The van der Waals surface area contributed by atoms with Crippen molar-refractivity contribution < 1.29 is 13.9 Å². The third kappa shape index (κ3) is 4.29. The van der Waals surface area contributed by atoms with Gasteiger partial charge in [0.25, 0.3) is 5.56 Å². The molecule has 2 heterocycles. The molecule has 2 unspecified atom stereocenters. The molecule has 30 heavy (non-hydrogen) atoms. The van der Waals surface area contributed by atoms with Crippen molar-refractivity contribution in [1.82, 2.24) is 15.0 Å². The van der Waals surface area contributed by atoms with E-state index in [4.69, 9.17) is 0 Å². The van der Waals surface area contributed by atoms with Gasteiger partial charge in [-0.15, -0.1) is 11.3 Å². The number of alkyl halides is 2. The summed E-state index contributed by atoms with van der Waals surface area (Å²) in [6.07, 6.45) is 2.47. The SMILES string of the molecule is O=c1[nH]c(NC(CF)CF)nc(NC2CCC(CO)C2)c1-c1nc2ccccc2s1. The van der Waals surface area contributed by atoms with Crippen LogP contribution in [0.5, 0.6) is 0 Å². The Morgan fingerprint density at radius 1 is 1.23 bits per heavy atom. The van der Waals surface area contributed by atoms with Crippen molar-refractivity contribution in [2.75, 3.05) is 30.6 Å². The average molecular weight is 436 g/mol. The van der Waals surface area contributed by atoms with E-state index in [1.807, 2.05) is 24.3 Å². The van der Waals surface area contributed by atoms with E-state index in [9.17, 15) is 18.7 Å². The van der Waals surface area contributed by atoms with E-state index in [1.54, 1.807) is 0 Å². The van der Waals surface area contributed by atoms with Crippen LogP contribution in [0.25, 0.3) is 20.8 Å². The van der Waals surface area contributed by atoms with Gasteiger partial charge >= 0.3 is 0 Å². The summed E-state index contributed by atoms with van der Waals surface area (Å²) < 4.78 is 26.8. The lowest BCUT2D eigenvalue weighted by molar-refractivity contribution is 0.229. The van der Waals surface area contributed by atoms with Gasteiger partial charge in [0, 0.05) is 12.6 Å². The van der Waals surface area contributed by atoms with Gasteiger partial charge in [-0.2, -0.15) is 4.98 Å². The largest absolute Gasteiger partial charge is 0.396 e. The molecule has 0 aliphatic heterocycles. The first kappa shape index (κ1) is 20.7. The molecule has 7 nitrogen and oxygen atoms in total. The van der Waals surface area contributed by atoms with Crippen molar-refractivity contribution in [2.45, 2.75) is 31.3 Å². The Kier molecular flexibility index (Phi) is 6.24. The minimum Gasteiger partial charge on any atom is -0.396 e. The second-order valence-corrected chi connectivity index (χ2v) is 8.51. The number of aliphatic hydroxyl groups excluding tert-OH is 1. The van der Waals surface area contributed by atoms with Crippen LogP contribution in [0.15, 0.2) is 29.1 Å². The molecule has 0 radical (unpaired) electrons. The number of para-hydroxylation sites is 1. The first-order valence-electron chi connectivity index (χ1n) is 9.87. The minimum atomic E-state index is -1.08. The van der Waals surface area contributed by atoms with Crippen LogP contribution < -0.4 is 16.2 Å². The number of aliphatic hydroxyl groups is 1. The quantitative estimate of drug-likeness (QED) is 0.433. The van der Waals surface area contributed by atoms with E-state index in [2.05, 4.69) is 25.6 Å². The molecule has 1 aromatic carbocycles. The molecular formula is C20H23F2N5O2S. The predicted molar refractivity (Wildman–Crippen MR) is 115 cm³/mol. The third-order valence-electron chi connectivity index (χ3n) is 5.28. The fourth-order valence-electron chi connectivity index (χ4n) is 3.70. The summed E-state index contributed by atoms with van der Waals surface area (Å²) in [5, 5.41) is 15.8. The van der Waals surface area contributed by atoms with Gasteiger partial charge in [-0.1, -0.05) is 12.1 Å². The van der Waals surface area contributed by atoms with Gasteiger partial charge in [-0.05, 0) is 37.3 Å². The second kappa shape index (κ2) is 9.05. The molecule has 0 amide bonds. The molecule has 1 fully saturated rings. The van der Waals surface area contributed by atoms with Gasteiger partial charge in [0.2, 0.25) is 5.95 Å². The maximum atomic E-state index is 13.0. The Balaban J connectivity index is 1.74. The van der Waals surface area contributed by atoms with Crippen LogP contribution in [0.4, 0.5) is 20.5 Å². The molecule has 0 bridgehead atoms. The van der Waals surface area contributed by atoms with Crippen LogP contribution in [0, 0.1) is 5.92 Å². The molecule has 4 N–H and O–H groups in total. The molecule has 0 saturated heterocycles. The number of fused-ring (bicyclic) bond motifs is 1. The van der Waals surface area contributed by atoms with Gasteiger partial charge in [0.1, 0.15) is 29.7 Å². The predicted octanol–water partition coefficient (Wildman–Crippen LogP) is 3.34. The van der Waals surface area contributed by atoms with Crippen LogP contribution in [0.1, 0.15) is 19.3 Å². The highest BCUT2D eigenvalue weighted by molar-refractivity contribution is 7.21. The van der Waals surface area contributed by atoms with Gasteiger partial charge < -0.3 is 15.7 Å². The van der Waals surface area contributed by atoms with Gasteiger partial charge in [-0.25, -0.2) is 13.8 Å². The summed E-state index contributed by atoms with van der Waals surface area (Å²) in [5.74, 6) is 0.528. The smallest absolute Gasteiger partial charge is 0.264 e. The highest BCUT2D eigenvalue weighted by atomic mass is 32.1. The zero-order valence-electron chi connectivity index (χ0n) is 16.2. The Morgan fingerprint density at radius 3 is 2.73 bits per heavy atom. The minimum absolute atomic E-state index is 0.00404. The van der Waals surface area contributed by atoms with Crippen LogP contribution in [-0.4, -0.2) is 52.1 Å². The number of nitrogens with one attached hydrogen (secondary N) is 3. The molecule has 160 valence electrons. The van der Waals surface area contributed by atoms with Crippen molar-refractivity contribution in [1.29, 1.82) is 0 Å². The van der Waals surface area contributed by atoms with Crippen LogP contribution in [0.2, 0.25) is 0 Å². The van der Waals surface area contributed by atoms with Crippen molar-refractivity contribution in [3.05, 3.63) is 34.6 Å². The molecule has 0 spiro atoms. The van der Waals surface area contributed by atoms with E-state index in [0.717, 1.165) is 29.5 Å². The van der Waals surface area contributed by atoms with Crippen molar-refractivity contribution >= 4 is 33.3 Å². The zero-order chi connectivity index (χ0) is 21.1. The average Bonchev–Trinajstić information content (AvgIpc) is 3.38. The Morgan fingerprint density at radius 2 is 2.03 bits per heavy atom. The molecule has 1 saturated carbocycles. The maximum Gasteiger partial charge on any atom is 0.264 e. The van der Waals surface area contributed by atoms with Gasteiger partial charge in [0.05, 0.1) is 16.3 Å². The van der Waals surface area contributed by atoms with Gasteiger partial charge in [0.15, 0.2) is 0 Å². The molecular weight excluding hydrogens is 412 g/mol. The lowest BCUT2D eigenvalue weighted by Gasteiger charge is -2.18. The second-order valence-electron chi connectivity index (χ2n) is 7.48. The summed E-state index contributed by atoms with van der Waals surface area (Å²) in [6.45, 7) is -1.74. The number of H-pyrrole nitrogens is 1. The summed E-state index contributed by atoms with van der Waals surface area (Å²) in [4.78, 5) is 24.5. The summed E-state index contributed by atoms with van der Waals surface area (Å²) >= 11 is 1.38. The first-order valence-corrected chi connectivity index (χ1v) is 10.7. The number of hydrogen-bond donors (Lipinski definition) is 4. The number of halogens is 2. The molecule has 10 heteroatoms. The number of aromatic nitrogens is 3. The number of benzene rings is 1. The van der Waals surface area contributed by atoms with Crippen molar-refractivity contribution in [3.8, 4) is 10.6 Å². The first-order chi connectivity index (χ1) is 14.6. The molecule has 2 atom stereocenters. The highest BCUT2D eigenvalue weighted by Crippen LogP contribution is 2.34. The molecule has 1 aliphatic rings. The third-order valence-corrected chi connectivity index (χ3v) is 6.33. The normalized spacial score (nSPS) is 18.9. The fraction of sp³-hybridized carbons (Fsp3) is 0.450. The molecule has 2 aromatic heterocycles. The van der Waals surface area contributed by atoms with Gasteiger partial charge in [-0.3, -0.25) is 9.78 Å². The maximum absolute atomic E-state index is 13.0. The fourth-order valence-corrected chi connectivity index (χ4v) is 4.71. The summed E-state index contributed by atoms with van der Waals surface area (Å²) in [7, 11) is 0.